The molecule has 0 aromatic heterocycles. The number of hydrogen-bond acceptors (Lipinski definition) is 3. The van der Waals surface area contributed by atoms with Gasteiger partial charge in [-0.15, -0.1) is 6.58 Å². The van der Waals surface area contributed by atoms with E-state index in [1.54, 1.807) is 6.08 Å². The molecule has 2 aliphatic heterocycles. The van der Waals surface area contributed by atoms with Crippen LogP contribution in [0.15, 0.2) is 24.5 Å². The summed E-state index contributed by atoms with van der Waals surface area (Å²) in [6, 6.07) is 0.795. The predicted octanol–water partition coefficient (Wildman–Crippen LogP) is 3.88. The third-order valence-corrected chi connectivity index (χ3v) is 9.44. The minimum Gasteiger partial charge on any atom is -0.465 e. The van der Waals surface area contributed by atoms with Crippen molar-refractivity contribution in [1.82, 2.24) is 9.34 Å². The van der Waals surface area contributed by atoms with Crippen LogP contribution in [-0.4, -0.2) is 48.1 Å². The van der Waals surface area contributed by atoms with E-state index in [4.69, 9.17) is 4.74 Å². The van der Waals surface area contributed by atoms with Gasteiger partial charge in [-0.1, -0.05) is 31.9 Å². The molecule has 140 valence electrons. The molecule has 3 fully saturated rings. The van der Waals surface area contributed by atoms with Crippen molar-refractivity contribution in [2.75, 3.05) is 20.7 Å². The molecular weight excluding hydrogens is 335 g/mol. The van der Waals surface area contributed by atoms with Crippen molar-refractivity contribution in [3.8, 4) is 0 Å². The molecule has 0 aromatic rings. The second-order valence-corrected chi connectivity index (χ2v) is 10.5. The van der Waals surface area contributed by atoms with E-state index < -0.39 is 7.44 Å². The van der Waals surface area contributed by atoms with E-state index in [1.807, 2.05) is 26.0 Å². The van der Waals surface area contributed by atoms with Gasteiger partial charge in [-0.3, -0.25) is 9.36 Å². The molecule has 25 heavy (non-hydrogen) atoms. The molecule has 0 amide bonds. The monoisotopic (exact) mass is 366 g/mol. The van der Waals surface area contributed by atoms with E-state index in [9.17, 15) is 9.36 Å². The van der Waals surface area contributed by atoms with Gasteiger partial charge in [0.05, 0.1) is 12.5 Å². The fourth-order valence-electron chi connectivity index (χ4n) is 4.76. The molecule has 2 saturated heterocycles. The van der Waals surface area contributed by atoms with Crippen LogP contribution in [0.25, 0.3) is 0 Å². The van der Waals surface area contributed by atoms with Gasteiger partial charge in [0.2, 0.25) is 7.44 Å². The van der Waals surface area contributed by atoms with Gasteiger partial charge >= 0.3 is 5.97 Å². The molecule has 3 aliphatic rings. The number of likely N-dealkylation sites (N-methyl/N-ethyl adjacent to an activating group) is 2. The summed E-state index contributed by atoms with van der Waals surface area (Å²) in [6.45, 7) is 6.29. The number of ether oxygens (including phenoxy) is 1. The van der Waals surface area contributed by atoms with Crippen molar-refractivity contribution < 1.29 is 14.1 Å². The average molecular weight is 366 g/mol. The zero-order chi connectivity index (χ0) is 18.2. The maximum Gasteiger partial charge on any atom is 0.309 e. The minimum absolute atomic E-state index is 0.125. The zero-order valence-corrected chi connectivity index (χ0v) is 16.5. The first-order valence-corrected chi connectivity index (χ1v) is 11.1. The average Bonchev–Trinajstić information content (AvgIpc) is 3.07. The maximum atomic E-state index is 13.7. The number of cyclic esters (lactones) is 1. The molecule has 0 N–H and O–H groups in total. The molecule has 0 unspecified atom stereocenters. The van der Waals surface area contributed by atoms with Gasteiger partial charge in [-0.05, 0) is 39.3 Å². The number of carbonyl (C=O) groups is 1. The number of fused-ring (bicyclic) bond motifs is 1. The Morgan fingerprint density at radius 1 is 1.28 bits per heavy atom. The molecule has 0 spiro atoms. The minimum atomic E-state index is -2.66. The molecule has 6 heteroatoms. The largest absolute Gasteiger partial charge is 0.465 e. The Hall–Kier alpha value is -0.900. The van der Waals surface area contributed by atoms with Crippen molar-refractivity contribution in [3.63, 3.8) is 0 Å². The molecule has 2 heterocycles. The van der Waals surface area contributed by atoms with Gasteiger partial charge in [0.1, 0.15) is 0 Å². The van der Waals surface area contributed by atoms with Gasteiger partial charge in [0.15, 0.2) is 0 Å². The van der Waals surface area contributed by atoms with Gasteiger partial charge in [-0.25, -0.2) is 9.34 Å². The Morgan fingerprint density at radius 2 is 1.88 bits per heavy atom. The molecule has 1 aliphatic carbocycles. The van der Waals surface area contributed by atoms with E-state index in [2.05, 4.69) is 22.8 Å². The van der Waals surface area contributed by atoms with Gasteiger partial charge in [0.25, 0.3) is 0 Å². The lowest BCUT2D eigenvalue weighted by Gasteiger charge is -2.28. The smallest absolute Gasteiger partial charge is 0.309 e. The summed E-state index contributed by atoms with van der Waals surface area (Å²) < 4.78 is 23.2. The summed E-state index contributed by atoms with van der Waals surface area (Å²) in [6.07, 6.45) is 9.19. The molecule has 0 radical (unpaired) electrons. The zero-order valence-electron chi connectivity index (χ0n) is 15.6. The van der Waals surface area contributed by atoms with Crippen LogP contribution in [0.1, 0.15) is 39.0 Å². The van der Waals surface area contributed by atoms with E-state index in [0.717, 1.165) is 12.8 Å². The lowest BCUT2D eigenvalue weighted by atomic mass is 9.83. The van der Waals surface area contributed by atoms with E-state index in [0.29, 0.717) is 25.1 Å². The molecule has 5 nitrogen and oxygen atoms in total. The Balaban J connectivity index is 1.75. The van der Waals surface area contributed by atoms with Crippen LogP contribution < -0.4 is 0 Å². The number of esters is 1. The predicted molar refractivity (Wildman–Crippen MR) is 100 cm³/mol. The lowest BCUT2D eigenvalue weighted by Crippen LogP contribution is -2.37. The summed E-state index contributed by atoms with van der Waals surface area (Å²) in [5.41, 5.74) is 0. The fraction of sp³-hybridized carbons (Fsp3) is 0.737. The standard InChI is InChI=1S/C19H31N2O3P/c1-5-8-15-16(13-24-19(15)22)14(2)11-12-25(23)20(3)17-9-6-7-10-18(17)21(25)4/h5,11-12,14-18H,1,6-10,13H2,2-4H3/b12-11+/t14-,15-,16-,17+,18+/m0/s1. The topological polar surface area (TPSA) is 49.9 Å². The number of carbonyl (C=O) groups excluding carboxylic acids is 1. The highest BCUT2D eigenvalue weighted by Crippen LogP contribution is 2.63. The molecule has 1 saturated carbocycles. The molecule has 5 atom stereocenters. The summed E-state index contributed by atoms with van der Waals surface area (Å²) in [5.74, 6) is 1.95. The van der Waals surface area contributed by atoms with E-state index in [-0.39, 0.29) is 23.7 Å². The SMILES string of the molecule is C=CC[C@@H]1C(=O)OC[C@H]1[C@@H](C)/C=C/P1(=O)N(C)[C@@H]2CCCC[C@H]2N1C. The van der Waals surface area contributed by atoms with Crippen LogP contribution in [0.5, 0.6) is 0 Å². The molecule has 0 bridgehead atoms. The van der Waals surface area contributed by atoms with Crippen LogP contribution >= 0.6 is 7.44 Å². The van der Waals surface area contributed by atoms with Crippen molar-refractivity contribution in [1.29, 1.82) is 0 Å². The van der Waals surface area contributed by atoms with Crippen LogP contribution in [0.4, 0.5) is 0 Å². The number of nitrogens with zero attached hydrogens (tertiary/aromatic N) is 2. The van der Waals surface area contributed by atoms with Crippen molar-refractivity contribution >= 4 is 13.4 Å². The summed E-state index contributed by atoms with van der Waals surface area (Å²) in [5, 5.41) is 0. The van der Waals surface area contributed by atoms with Crippen molar-refractivity contribution in [2.24, 2.45) is 17.8 Å². The van der Waals surface area contributed by atoms with Crippen molar-refractivity contribution in [2.45, 2.75) is 51.1 Å². The summed E-state index contributed by atoms with van der Waals surface area (Å²) in [7, 11) is 1.35. The van der Waals surface area contributed by atoms with Crippen molar-refractivity contribution in [3.05, 3.63) is 24.5 Å². The van der Waals surface area contributed by atoms with Crippen LogP contribution in [0, 0.1) is 17.8 Å². The van der Waals surface area contributed by atoms with E-state index in [1.165, 1.54) is 12.8 Å². The second-order valence-electron chi connectivity index (χ2n) is 7.78. The Labute approximate surface area is 151 Å². The van der Waals surface area contributed by atoms with Crippen LogP contribution in [0.3, 0.4) is 0 Å². The fourth-order valence-corrected chi connectivity index (χ4v) is 7.51. The number of hydrogen-bond donors (Lipinski definition) is 0. The van der Waals surface area contributed by atoms with E-state index >= 15 is 0 Å². The van der Waals surface area contributed by atoms with Gasteiger partial charge in [0, 0.05) is 23.8 Å². The highest BCUT2D eigenvalue weighted by Gasteiger charge is 2.50. The first-order chi connectivity index (χ1) is 11.9. The summed E-state index contributed by atoms with van der Waals surface area (Å²) >= 11 is 0. The maximum absolute atomic E-state index is 13.7. The molecule has 3 rings (SSSR count). The Kier molecular flexibility index (Phi) is 5.57. The van der Waals surface area contributed by atoms with Crippen LogP contribution in [0.2, 0.25) is 0 Å². The lowest BCUT2D eigenvalue weighted by molar-refractivity contribution is -0.141. The third kappa shape index (κ3) is 3.27. The summed E-state index contributed by atoms with van der Waals surface area (Å²) in [4.78, 5) is 11.9. The molecular formula is C19H31N2O3P. The van der Waals surface area contributed by atoms with Gasteiger partial charge < -0.3 is 4.74 Å². The number of rotatable bonds is 5. The molecule has 0 aromatic carbocycles. The third-order valence-electron chi connectivity index (χ3n) is 6.48. The van der Waals surface area contributed by atoms with Crippen LogP contribution in [-0.2, 0) is 14.1 Å². The Bertz CT molecular complexity index is 583. The number of allylic oxidation sites excluding steroid dienone is 2. The highest BCUT2D eigenvalue weighted by atomic mass is 31.2. The second kappa shape index (κ2) is 7.38. The quantitative estimate of drug-likeness (QED) is 0.420. The first kappa shape index (κ1) is 18.9. The highest BCUT2D eigenvalue weighted by molar-refractivity contribution is 7.62. The van der Waals surface area contributed by atoms with Gasteiger partial charge in [-0.2, -0.15) is 0 Å². The Morgan fingerprint density at radius 3 is 2.44 bits per heavy atom. The normalized spacial score (nSPS) is 37.2. The first-order valence-electron chi connectivity index (χ1n) is 9.43.